The molecule has 1 fully saturated rings. The Kier molecular flexibility index (Phi) is 9.75. The fourth-order valence-electron chi connectivity index (χ4n) is 5.04. The highest BCUT2D eigenvalue weighted by atomic mass is 35.5. The van der Waals surface area contributed by atoms with Gasteiger partial charge in [-0.05, 0) is 67.1 Å². The number of tetrazole rings is 1. The lowest BCUT2D eigenvalue weighted by atomic mass is 10.1. The van der Waals surface area contributed by atoms with Gasteiger partial charge in [-0.2, -0.15) is 0 Å². The first-order valence-electron chi connectivity index (χ1n) is 14.1. The number of benzene rings is 2. The molecule has 12 nitrogen and oxygen atoms in total. The lowest BCUT2D eigenvalue weighted by molar-refractivity contribution is 0.0385. The maximum absolute atomic E-state index is 10.2. The summed E-state index contributed by atoms with van der Waals surface area (Å²) in [6, 6.07) is 11.7. The van der Waals surface area contributed by atoms with Gasteiger partial charge in [0.1, 0.15) is 17.8 Å². The molecular weight excluding hydrogens is 586 g/mol. The average molecular weight is 623 g/mol. The number of hydrogen-bond acceptors (Lipinski definition) is 11. The molecule has 2 aromatic heterocycles. The second-order valence-corrected chi connectivity index (χ2v) is 13.5. The number of rotatable bonds is 11. The minimum Gasteiger partial charge on any atom is -0.539 e. The van der Waals surface area contributed by atoms with Crippen LogP contribution in [-0.2, 0) is 6.17 Å². The van der Waals surface area contributed by atoms with Crippen molar-refractivity contribution in [1.82, 2.24) is 35.1 Å². The minimum atomic E-state index is -1.28. The smallest absolute Gasteiger partial charge is 0.300 e. The molecular formula is C29H37ClN9O3Si. The molecule has 0 unspecified atom stereocenters. The van der Waals surface area contributed by atoms with Crippen LogP contribution >= 0.6 is 11.6 Å². The van der Waals surface area contributed by atoms with Crippen molar-refractivity contribution in [2.75, 3.05) is 50.1 Å². The van der Waals surface area contributed by atoms with Crippen LogP contribution in [0.5, 0.6) is 11.5 Å². The van der Waals surface area contributed by atoms with E-state index in [2.05, 4.69) is 46.7 Å². The number of β-amino-alcohol motifs (C(OH)–C–C–N with tert-alkyl or cyclic N) is 1. The number of nitrogens with zero attached hydrogens (tertiary/aromatic N) is 8. The first kappa shape index (κ1) is 30.7. The monoisotopic (exact) mass is 622 g/mol. The molecule has 0 amide bonds. The molecule has 0 spiro atoms. The Hall–Kier alpha value is -3.78. The van der Waals surface area contributed by atoms with E-state index in [-0.39, 0.29) is 0 Å². The summed E-state index contributed by atoms with van der Waals surface area (Å²) in [5, 5.41) is 25.3. The molecule has 227 valence electrons. The van der Waals surface area contributed by atoms with E-state index in [9.17, 15) is 5.11 Å². The summed E-state index contributed by atoms with van der Waals surface area (Å²) in [4.78, 5) is 13.8. The Morgan fingerprint density at radius 2 is 1.84 bits per heavy atom. The zero-order valence-electron chi connectivity index (χ0n) is 24.9. The van der Waals surface area contributed by atoms with E-state index in [1.807, 2.05) is 50.7 Å². The Morgan fingerprint density at radius 1 is 1.02 bits per heavy atom. The van der Waals surface area contributed by atoms with Gasteiger partial charge in [0.05, 0.1) is 29.6 Å². The van der Waals surface area contributed by atoms with Crippen molar-refractivity contribution in [3.63, 3.8) is 0 Å². The Bertz CT molecular complexity index is 1490. The third kappa shape index (κ3) is 8.41. The zero-order chi connectivity index (χ0) is 30.4. The normalized spacial score (nSPS) is 14.5. The first-order chi connectivity index (χ1) is 20.7. The summed E-state index contributed by atoms with van der Waals surface area (Å²) in [6.45, 7) is 10.1. The number of aliphatic hydroxyl groups is 1. The quantitative estimate of drug-likeness (QED) is 0.235. The molecule has 0 bridgehead atoms. The fourth-order valence-corrected chi connectivity index (χ4v) is 6.47. The second-order valence-electron chi connectivity index (χ2n) is 11.2. The van der Waals surface area contributed by atoms with E-state index in [1.165, 1.54) is 0 Å². The van der Waals surface area contributed by atoms with Gasteiger partial charge in [0.25, 0.3) is 9.04 Å². The van der Waals surface area contributed by atoms with Gasteiger partial charge in [0.15, 0.2) is 0 Å². The van der Waals surface area contributed by atoms with E-state index >= 15 is 0 Å². The average Bonchev–Trinajstić information content (AvgIpc) is 3.38. The van der Waals surface area contributed by atoms with Crippen molar-refractivity contribution in [3.8, 4) is 22.6 Å². The van der Waals surface area contributed by atoms with Crippen molar-refractivity contribution in [2.45, 2.75) is 38.6 Å². The third-order valence-corrected chi connectivity index (χ3v) is 8.62. The predicted molar refractivity (Wildman–Crippen MR) is 168 cm³/mol. The topological polar surface area (TPSA) is 127 Å². The molecule has 2 aromatic carbocycles. The van der Waals surface area contributed by atoms with Gasteiger partial charge >= 0.3 is 0 Å². The third-order valence-electron chi connectivity index (χ3n) is 6.97. The number of nitrogens with one attached hydrogen (secondary N) is 1. The van der Waals surface area contributed by atoms with E-state index in [0.717, 1.165) is 55.1 Å². The summed E-state index contributed by atoms with van der Waals surface area (Å²) >= 11 is 6.43. The lowest BCUT2D eigenvalue weighted by Crippen LogP contribution is -2.40. The van der Waals surface area contributed by atoms with Crippen molar-refractivity contribution in [1.29, 1.82) is 0 Å². The molecule has 14 heteroatoms. The van der Waals surface area contributed by atoms with Crippen LogP contribution in [0.25, 0.3) is 11.1 Å². The number of aromatic nitrogens is 6. The summed E-state index contributed by atoms with van der Waals surface area (Å²) in [5.41, 5.74) is 2.90. The van der Waals surface area contributed by atoms with Gasteiger partial charge in [-0.1, -0.05) is 17.7 Å². The molecule has 0 saturated carbocycles. The SMILES string of the molecule is COc1cc(N2CCCN(CC(C)(C)O)CC2)ccc1Nc1ncc(-c2ccc(Cl)c(O[Si](C)Cn3cnnn3)c2)cn1. The van der Waals surface area contributed by atoms with Crippen molar-refractivity contribution < 1.29 is 14.3 Å². The molecule has 3 heterocycles. The maximum atomic E-state index is 10.2. The fraction of sp³-hybridized carbons (Fsp3) is 0.414. The Morgan fingerprint density at radius 3 is 2.56 bits per heavy atom. The van der Waals surface area contributed by atoms with Crippen LogP contribution in [0.15, 0.2) is 55.1 Å². The van der Waals surface area contributed by atoms with Crippen LogP contribution in [0.1, 0.15) is 20.3 Å². The van der Waals surface area contributed by atoms with Crippen LogP contribution in [0.4, 0.5) is 17.3 Å². The number of halogens is 1. The van der Waals surface area contributed by atoms with Crippen molar-refractivity contribution in [2.24, 2.45) is 0 Å². The summed E-state index contributed by atoms with van der Waals surface area (Å²) in [7, 11) is 0.376. The van der Waals surface area contributed by atoms with Gasteiger partial charge in [-0.25, -0.2) is 14.6 Å². The van der Waals surface area contributed by atoms with Gasteiger partial charge in [-0.15, -0.1) is 5.10 Å². The second kappa shape index (κ2) is 13.7. The van der Waals surface area contributed by atoms with E-state index in [4.69, 9.17) is 20.8 Å². The van der Waals surface area contributed by atoms with E-state index in [1.54, 1.807) is 30.5 Å². The Labute approximate surface area is 258 Å². The highest BCUT2D eigenvalue weighted by molar-refractivity contribution is 6.50. The number of anilines is 3. The molecule has 1 radical (unpaired) electrons. The van der Waals surface area contributed by atoms with Gasteiger partial charge in [0.2, 0.25) is 5.95 Å². The molecule has 43 heavy (non-hydrogen) atoms. The molecule has 1 aliphatic rings. The van der Waals surface area contributed by atoms with Crippen molar-refractivity contribution in [3.05, 3.63) is 60.1 Å². The van der Waals surface area contributed by atoms with Crippen molar-refractivity contribution >= 4 is 38.0 Å². The maximum Gasteiger partial charge on any atom is 0.300 e. The van der Waals surface area contributed by atoms with Crippen LogP contribution in [0.3, 0.4) is 0 Å². The largest absolute Gasteiger partial charge is 0.539 e. The molecule has 2 N–H and O–H groups in total. The molecule has 1 aliphatic heterocycles. The molecule has 5 rings (SSSR count). The number of hydrogen-bond donors (Lipinski definition) is 2. The van der Waals surface area contributed by atoms with Gasteiger partial charge < -0.3 is 24.5 Å². The van der Waals surface area contributed by atoms with E-state index in [0.29, 0.717) is 35.2 Å². The number of methoxy groups -OCH3 is 1. The Balaban J connectivity index is 1.23. The zero-order valence-corrected chi connectivity index (χ0v) is 26.6. The summed E-state index contributed by atoms with van der Waals surface area (Å²) in [5.74, 6) is 1.77. The highest BCUT2D eigenvalue weighted by Crippen LogP contribution is 2.33. The molecule has 1 saturated heterocycles. The molecule has 0 atom stereocenters. The minimum absolute atomic E-state index is 0.456. The molecule has 4 aromatic rings. The lowest BCUT2D eigenvalue weighted by Gasteiger charge is -2.28. The van der Waals surface area contributed by atoms with Crippen LogP contribution < -0.4 is 19.4 Å². The first-order valence-corrected chi connectivity index (χ1v) is 16.6. The van der Waals surface area contributed by atoms with Crippen LogP contribution in [0.2, 0.25) is 11.6 Å². The van der Waals surface area contributed by atoms with Crippen LogP contribution in [-0.4, -0.2) is 94.7 Å². The summed E-state index contributed by atoms with van der Waals surface area (Å²) in [6.07, 6.45) is 6.71. The van der Waals surface area contributed by atoms with Gasteiger partial charge in [-0.3, -0.25) is 4.90 Å². The van der Waals surface area contributed by atoms with Gasteiger partial charge in [0, 0.05) is 62.4 Å². The summed E-state index contributed by atoms with van der Waals surface area (Å²) < 4.78 is 13.5. The van der Waals surface area contributed by atoms with Crippen LogP contribution in [0, 0.1) is 0 Å². The van der Waals surface area contributed by atoms with E-state index < -0.39 is 14.6 Å². The molecule has 0 aliphatic carbocycles. The number of ether oxygens (including phenoxy) is 1. The standard InChI is InChI=1S/C29H37ClN9O3Si/c1-29(2,40)18-37-10-5-11-38(13-12-37)23-7-9-25(27(15-23)41-3)34-28-31-16-22(17-32-28)21-6-8-24(30)26(14-21)42-43(4)20-39-19-33-35-36-39/h6-9,14-17,19,40H,5,10-13,18,20H2,1-4H3,(H,31,32,34). The highest BCUT2D eigenvalue weighted by Gasteiger charge is 2.22. The predicted octanol–water partition coefficient (Wildman–Crippen LogP) is 4.06.